The van der Waals surface area contributed by atoms with Gasteiger partial charge in [0, 0.05) is 19.6 Å². The molecule has 1 unspecified atom stereocenters. The molecular weight excluding hydrogens is 260 g/mol. The molecule has 114 valence electrons. The molecule has 2 aliphatic heterocycles. The number of aliphatic hydroxyl groups is 1. The van der Waals surface area contributed by atoms with Crippen molar-refractivity contribution in [2.24, 2.45) is 11.8 Å². The number of hydrogen-bond donors (Lipinski definition) is 2. The lowest BCUT2D eigenvalue weighted by Crippen LogP contribution is -2.48. The third-order valence-electron chi connectivity index (χ3n) is 4.53. The monoisotopic (exact) mass is 284 g/mol. The average Bonchev–Trinajstić information content (AvgIpc) is 2.67. The third-order valence-corrected chi connectivity index (χ3v) is 4.53. The smallest absolute Gasteiger partial charge is 0.320 e. The summed E-state index contributed by atoms with van der Waals surface area (Å²) in [4.78, 5) is 27.1. The Morgan fingerprint density at radius 2 is 1.95 bits per heavy atom. The van der Waals surface area contributed by atoms with Gasteiger partial charge >= 0.3 is 12.0 Å². The first kappa shape index (κ1) is 15.1. The zero-order valence-electron chi connectivity index (χ0n) is 12.0. The van der Waals surface area contributed by atoms with Crippen LogP contribution in [0.4, 0.5) is 4.79 Å². The Balaban J connectivity index is 2.04. The molecule has 6 heteroatoms. The first-order chi connectivity index (χ1) is 9.54. The van der Waals surface area contributed by atoms with E-state index in [1.165, 1.54) is 0 Å². The summed E-state index contributed by atoms with van der Waals surface area (Å²) in [6.45, 7) is 3.29. The van der Waals surface area contributed by atoms with Gasteiger partial charge in [0.25, 0.3) is 0 Å². The van der Waals surface area contributed by atoms with Gasteiger partial charge in [-0.15, -0.1) is 0 Å². The molecule has 3 atom stereocenters. The highest BCUT2D eigenvalue weighted by atomic mass is 16.4. The van der Waals surface area contributed by atoms with E-state index >= 15 is 0 Å². The van der Waals surface area contributed by atoms with Crippen LogP contribution in [0.5, 0.6) is 0 Å². The van der Waals surface area contributed by atoms with Crippen LogP contribution < -0.4 is 0 Å². The Hall–Kier alpha value is -1.30. The molecule has 20 heavy (non-hydrogen) atoms. The molecule has 6 nitrogen and oxygen atoms in total. The van der Waals surface area contributed by atoms with Crippen molar-refractivity contribution >= 4 is 12.0 Å². The van der Waals surface area contributed by atoms with Gasteiger partial charge in [-0.05, 0) is 18.8 Å². The van der Waals surface area contributed by atoms with Crippen LogP contribution in [0.1, 0.15) is 32.6 Å². The highest BCUT2D eigenvalue weighted by Gasteiger charge is 2.39. The fourth-order valence-corrected chi connectivity index (χ4v) is 3.25. The number of likely N-dealkylation sites (tertiary alicyclic amines) is 2. The van der Waals surface area contributed by atoms with Gasteiger partial charge in [-0.1, -0.05) is 19.8 Å². The summed E-state index contributed by atoms with van der Waals surface area (Å²) in [5.41, 5.74) is 0. The predicted molar refractivity (Wildman–Crippen MR) is 73.3 cm³/mol. The number of hydrogen-bond acceptors (Lipinski definition) is 3. The largest absolute Gasteiger partial charge is 0.481 e. The number of nitrogens with zero attached hydrogens (tertiary/aromatic N) is 2. The van der Waals surface area contributed by atoms with Crippen molar-refractivity contribution in [1.82, 2.24) is 9.80 Å². The molecule has 2 fully saturated rings. The predicted octanol–water partition coefficient (Wildman–Crippen LogP) is 0.996. The summed E-state index contributed by atoms with van der Waals surface area (Å²) in [5.74, 6) is -1.32. The summed E-state index contributed by atoms with van der Waals surface area (Å²) in [6.07, 6.45) is 3.89. The summed E-state index contributed by atoms with van der Waals surface area (Å²) >= 11 is 0. The minimum Gasteiger partial charge on any atom is -0.481 e. The van der Waals surface area contributed by atoms with Crippen molar-refractivity contribution in [3.8, 4) is 0 Å². The molecule has 0 aliphatic carbocycles. The molecular formula is C14H24N2O4. The van der Waals surface area contributed by atoms with Crippen LogP contribution in [0.2, 0.25) is 0 Å². The van der Waals surface area contributed by atoms with Crippen LogP contribution in [0, 0.1) is 11.8 Å². The number of urea groups is 1. The van der Waals surface area contributed by atoms with E-state index < -0.39 is 11.9 Å². The Kier molecular flexibility index (Phi) is 4.86. The Morgan fingerprint density at radius 1 is 1.20 bits per heavy atom. The number of carboxylic acid groups (broad SMARTS) is 1. The molecule has 0 aromatic carbocycles. The molecule has 2 aliphatic rings. The zero-order valence-corrected chi connectivity index (χ0v) is 12.0. The number of aliphatic hydroxyl groups excluding tert-OH is 1. The van der Waals surface area contributed by atoms with Gasteiger partial charge < -0.3 is 20.0 Å². The molecule has 2 amide bonds. The Labute approximate surface area is 119 Å². The van der Waals surface area contributed by atoms with Gasteiger partial charge in [-0.25, -0.2) is 4.79 Å². The molecule has 0 bridgehead atoms. The van der Waals surface area contributed by atoms with Crippen LogP contribution in [0.15, 0.2) is 0 Å². The number of amides is 2. The quantitative estimate of drug-likeness (QED) is 0.792. The van der Waals surface area contributed by atoms with E-state index in [0.29, 0.717) is 13.1 Å². The van der Waals surface area contributed by atoms with Gasteiger partial charge in [-0.3, -0.25) is 4.79 Å². The molecule has 0 aromatic rings. The standard InChI is InChI=1S/C14H24N2O4/c1-10-7-15(8-12(10)13(18)19)14(20)16-6-4-2-3-5-11(16)9-17/h10-12,17H,2-9H2,1H3,(H,18,19)/t10-,11?,12-/m1/s1. The minimum absolute atomic E-state index is 0.0164. The summed E-state index contributed by atoms with van der Waals surface area (Å²) in [7, 11) is 0. The number of carbonyl (C=O) groups excluding carboxylic acids is 1. The second-order valence-corrected chi connectivity index (χ2v) is 5.99. The Morgan fingerprint density at radius 3 is 2.55 bits per heavy atom. The van der Waals surface area contributed by atoms with Crippen LogP contribution in [-0.4, -0.2) is 64.3 Å². The van der Waals surface area contributed by atoms with Gasteiger partial charge in [0.1, 0.15) is 0 Å². The van der Waals surface area contributed by atoms with Crippen LogP contribution in [0.3, 0.4) is 0 Å². The van der Waals surface area contributed by atoms with Crippen molar-refractivity contribution in [2.45, 2.75) is 38.6 Å². The van der Waals surface area contributed by atoms with Crippen LogP contribution in [0.25, 0.3) is 0 Å². The fraction of sp³-hybridized carbons (Fsp3) is 0.857. The summed E-state index contributed by atoms with van der Waals surface area (Å²) < 4.78 is 0. The first-order valence-corrected chi connectivity index (χ1v) is 7.43. The lowest BCUT2D eigenvalue weighted by atomic mass is 9.99. The molecule has 2 N–H and O–H groups in total. The molecule has 2 heterocycles. The molecule has 2 rings (SSSR count). The van der Waals surface area contributed by atoms with Gasteiger partial charge in [-0.2, -0.15) is 0 Å². The minimum atomic E-state index is -0.831. The maximum atomic E-state index is 12.6. The second kappa shape index (κ2) is 6.43. The maximum Gasteiger partial charge on any atom is 0.320 e. The van der Waals surface area contributed by atoms with E-state index in [1.807, 2.05) is 6.92 Å². The Bertz CT molecular complexity index is 374. The number of carboxylic acids is 1. The average molecular weight is 284 g/mol. The normalized spacial score (nSPS) is 31.2. The van der Waals surface area contributed by atoms with Gasteiger partial charge in [0.2, 0.25) is 0 Å². The lowest BCUT2D eigenvalue weighted by Gasteiger charge is -2.32. The van der Waals surface area contributed by atoms with Crippen LogP contribution in [-0.2, 0) is 4.79 Å². The van der Waals surface area contributed by atoms with Gasteiger partial charge in [0.05, 0.1) is 18.6 Å². The lowest BCUT2D eigenvalue weighted by molar-refractivity contribution is -0.142. The van der Waals surface area contributed by atoms with E-state index in [1.54, 1.807) is 9.80 Å². The van der Waals surface area contributed by atoms with E-state index in [0.717, 1.165) is 25.7 Å². The van der Waals surface area contributed by atoms with Crippen molar-refractivity contribution in [2.75, 3.05) is 26.2 Å². The van der Waals surface area contributed by atoms with Crippen molar-refractivity contribution < 1.29 is 19.8 Å². The molecule has 0 saturated carbocycles. The first-order valence-electron chi connectivity index (χ1n) is 7.43. The van der Waals surface area contributed by atoms with Crippen molar-refractivity contribution in [3.05, 3.63) is 0 Å². The van der Waals surface area contributed by atoms with Gasteiger partial charge in [0.15, 0.2) is 0 Å². The number of aliphatic carboxylic acids is 1. The zero-order chi connectivity index (χ0) is 14.7. The third kappa shape index (κ3) is 3.06. The highest BCUT2D eigenvalue weighted by Crippen LogP contribution is 2.26. The van der Waals surface area contributed by atoms with E-state index in [-0.39, 0.29) is 31.1 Å². The van der Waals surface area contributed by atoms with Crippen molar-refractivity contribution in [1.29, 1.82) is 0 Å². The van der Waals surface area contributed by atoms with Crippen molar-refractivity contribution in [3.63, 3.8) is 0 Å². The molecule has 0 spiro atoms. The van der Waals surface area contributed by atoms with Crippen LogP contribution >= 0.6 is 0 Å². The second-order valence-electron chi connectivity index (χ2n) is 5.99. The van der Waals surface area contributed by atoms with E-state index in [9.17, 15) is 14.7 Å². The summed E-state index contributed by atoms with van der Waals surface area (Å²) in [6, 6.07) is -0.231. The number of carbonyl (C=O) groups is 2. The number of rotatable bonds is 2. The SMILES string of the molecule is C[C@@H]1CN(C(=O)N2CCCCCC2CO)C[C@H]1C(=O)O. The van der Waals surface area contributed by atoms with E-state index in [2.05, 4.69) is 0 Å². The highest BCUT2D eigenvalue weighted by molar-refractivity contribution is 5.78. The van der Waals surface area contributed by atoms with E-state index in [4.69, 9.17) is 5.11 Å². The maximum absolute atomic E-state index is 12.6. The molecule has 0 aromatic heterocycles. The summed E-state index contributed by atoms with van der Waals surface area (Å²) in [5, 5.41) is 18.6. The molecule has 0 radical (unpaired) electrons. The fourth-order valence-electron chi connectivity index (χ4n) is 3.25. The topological polar surface area (TPSA) is 81.1 Å². The molecule has 2 saturated heterocycles.